The smallest absolute Gasteiger partial charge is 0.307 e. The first-order valence-corrected chi connectivity index (χ1v) is 5.23. The van der Waals surface area contributed by atoms with Crippen molar-refractivity contribution in [1.29, 1.82) is 0 Å². The van der Waals surface area contributed by atoms with E-state index >= 15 is 0 Å². The molecule has 0 unspecified atom stereocenters. The lowest BCUT2D eigenvalue weighted by Gasteiger charge is -2.24. The molecule has 0 amide bonds. The Labute approximate surface area is 89.2 Å². The Morgan fingerprint density at radius 3 is 2.67 bits per heavy atom. The lowest BCUT2D eigenvalue weighted by Crippen LogP contribution is -2.22. The lowest BCUT2D eigenvalue weighted by molar-refractivity contribution is -0.142. The number of carboxylic acids is 1. The molecule has 0 bridgehead atoms. The van der Waals surface area contributed by atoms with Gasteiger partial charge < -0.3 is 5.11 Å². The number of rotatable bonds is 2. The second-order valence-electron chi connectivity index (χ2n) is 3.89. The van der Waals surface area contributed by atoms with Gasteiger partial charge in [-0.25, -0.2) is 0 Å². The second-order valence-corrected chi connectivity index (χ2v) is 3.89. The van der Waals surface area contributed by atoms with E-state index in [2.05, 4.69) is 6.08 Å². The van der Waals surface area contributed by atoms with Gasteiger partial charge in [0.25, 0.3) is 0 Å². The number of aliphatic carboxylic acids is 1. The molecule has 0 saturated carbocycles. The van der Waals surface area contributed by atoms with Crippen molar-refractivity contribution < 1.29 is 9.90 Å². The van der Waals surface area contributed by atoms with Crippen molar-refractivity contribution in [2.45, 2.75) is 18.8 Å². The molecule has 0 fully saturated rings. The summed E-state index contributed by atoms with van der Waals surface area (Å²) in [5, 5.41) is 9.14. The SMILES string of the molecule is O=C(O)[C@@H]1CCC=C[C@@H]1c1ccccc1. The molecule has 0 saturated heterocycles. The van der Waals surface area contributed by atoms with Crippen LogP contribution in [0, 0.1) is 5.92 Å². The minimum absolute atomic E-state index is 0.0393. The Hall–Kier alpha value is -1.57. The Morgan fingerprint density at radius 1 is 1.27 bits per heavy atom. The summed E-state index contributed by atoms with van der Waals surface area (Å²) < 4.78 is 0. The van der Waals surface area contributed by atoms with Gasteiger partial charge in [-0.1, -0.05) is 42.5 Å². The number of hydrogen-bond acceptors (Lipinski definition) is 1. The van der Waals surface area contributed by atoms with Crippen LogP contribution >= 0.6 is 0 Å². The second kappa shape index (κ2) is 4.30. The molecular formula is C13H14O2. The maximum atomic E-state index is 11.1. The molecular weight excluding hydrogens is 188 g/mol. The van der Waals surface area contributed by atoms with Gasteiger partial charge in [-0.15, -0.1) is 0 Å². The van der Waals surface area contributed by atoms with Crippen LogP contribution < -0.4 is 0 Å². The molecule has 1 aromatic rings. The minimum Gasteiger partial charge on any atom is -0.481 e. The van der Waals surface area contributed by atoms with Crippen LogP contribution in [0.3, 0.4) is 0 Å². The molecule has 2 rings (SSSR count). The fourth-order valence-electron chi connectivity index (χ4n) is 2.13. The van der Waals surface area contributed by atoms with E-state index in [1.807, 2.05) is 36.4 Å². The van der Waals surface area contributed by atoms with Crippen LogP contribution in [-0.4, -0.2) is 11.1 Å². The first-order valence-electron chi connectivity index (χ1n) is 5.23. The topological polar surface area (TPSA) is 37.3 Å². The molecule has 1 N–H and O–H groups in total. The third kappa shape index (κ3) is 2.09. The van der Waals surface area contributed by atoms with Gasteiger partial charge in [0.15, 0.2) is 0 Å². The van der Waals surface area contributed by atoms with Crippen molar-refractivity contribution in [3.05, 3.63) is 48.0 Å². The van der Waals surface area contributed by atoms with E-state index in [1.165, 1.54) is 0 Å². The molecule has 0 radical (unpaired) electrons. The predicted molar refractivity (Wildman–Crippen MR) is 58.7 cm³/mol. The summed E-state index contributed by atoms with van der Waals surface area (Å²) in [6.07, 6.45) is 5.72. The van der Waals surface area contributed by atoms with Crippen LogP contribution in [0.1, 0.15) is 24.3 Å². The highest BCUT2D eigenvalue weighted by Gasteiger charge is 2.28. The number of carboxylic acid groups (broad SMARTS) is 1. The summed E-state index contributed by atoms with van der Waals surface area (Å²) in [4.78, 5) is 11.1. The van der Waals surface area contributed by atoms with Gasteiger partial charge in [-0.2, -0.15) is 0 Å². The highest BCUT2D eigenvalue weighted by molar-refractivity contribution is 5.72. The monoisotopic (exact) mass is 202 g/mol. The van der Waals surface area contributed by atoms with Crippen LogP contribution in [0.5, 0.6) is 0 Å². The first kappa shape index (κ1) is 9.97. The lowest BCUT2D eigenvalue weighted by atomic mass is 9.80. The molecule has 0 aliphatic heterocycles. The number of allylic oxidation sites excluding steroid dienone is 2. The van der Waals surface area contributed by atoms with Crippen molar-refractivity contribution in [3.8, 4) is 0 Å². The van der Waals surface area contributed by atoms with Crippen molar-refractivity contribution >= 4 is 5.97 Å². The summed E-state index contributed by atoms with van der Waals surface area (Å²) in [6, 6.07) is 9.85. The van der Waals surface area contributed by atoms with E-state index in [9.17, 15) is 4.79 Å². The molecule has 2 nitrogen and oxygen atoms in total. The van der Waals surface area contributed by atoms with Crippen LogP contribution in [0.2, 0.25) is 0 Å². The van der Waals surface area contributed by atoms with Crippen LogP contribution in [-0.2, 0) is 4.79 Å². The summed E-state index contributed by atoms with van der Waals surface area (Å²) in [7, 11) is 0. The van der Waals surface area contributed by atoms with Crippen molar-refractivity contribution in [2.75, 3.05) is 0 Å². The highest BCUT2D eigenvalue weighted by Crippen LogP contribution is 2.33. The molecule has 0 aromatic heterocycles. The zero-order valence-electron chi connectivity index (χ0n) is 8.47. The molecule has 2 atom stereocenters. The third-order valence-corrected chi connectivity index (χ3v) is 2.92. The summed E-state index contributed by atoms with van der Waals surface area (Å²) >= 11 is 0. The summed E-state index contributed by atoms with van der Waals surface area (Å²) in [6.45, 7) is 0. The Kier molecular flexibility index (Phi) is 2.86. The zero-order chi connectivity index (χ0) is 10.7. The van der Waals surface area contributed by atoms with Crippen LogP contribution in [0.25, 0.3) is 0 Å². The van der Waals surface area contributed by atoms with Gasteiger partial charge in [0, 0.05) is 5.92 Å². The van der Waals surface area contributed by atoms with Crippen molar-refractivity contribution in [3.63, 3.8) is 0 Å². The molecule has 0 heterocycles. The molecule has 15 heavy (non-hydrogen) atoms. The molecule has 1 aromatic carbocycles. The summed E-state index contributed by atoms with van der Waals surface area (Å²) in [5.41, 5.74) is 1.10. The van der Waals surface area contributed by atoms with E-state index in [4.69, 9.17) is 5.11 Å². The highest BCUT2D eigenvalue weighted by atomic mass is 16.4. The van der Waals surface area contributed by atoms with E-state index in [0.29, 0.717) is 0 Å². The standard InChI is InChI=1S/C13H14O2/c14-13(15)12-9-5-4-8-11(12)10-6-2-1-3-7-10/h1-4,6-8,11-12H,5,9H2,(H,14,15)/t11-,12-/m1/s1. The average molecular weight is 202 g/mol. The molecule has 2 heteroatoms. The molecule has 1 aliphatic carbocycles. The van der Waals surface area contributed by atoms with Gasteiger partial charge in [-0.3, -0.25) is 4.79 Å². The van der Waals surface area contributed by atoms with E-state index in [-0.39, 0.29) is 11.8 Å². The summed E-state index contributed by atoms with van der Waals surface area (Å²) in [5.74, 6) is -0.914. The van der Waals surface area contributed by atoms with Gasteiger partial charge in [0.2, 0.25) is 0 Å². The number of hydrogen-bond donors (Lipinski definition) is 1. The van der Waals surface area contributed by atoms with Gasteiger partial charge in [0.1, 0.15) is 0 Å². The van der Waals surface area contributed by atoms with Crippen LogP contribution in [0.4, 0.5) is 0 Å². The Morgan fingerprint density at radius 2 is 2.00 bits per heavy atom. The fraction of sp³-hybridized carbons (Fsp3) is 0.308. The maximum absolute atomic E-state index is 11.1. The molecule has 78 valence electrons. The fourth-order valence-corrected chi connectivity index (χ4v) is 2.13. The van der Waals surface area contributed by atoms with Crippen LogP contribution in [0.15, 0.2) is 42.5 Å². The van der Waals surface area contributed by atoms with E-state index in [0.717, 1.165) is 18.4 Å². The molecule has 0 spiro atoms. The largest absolute Gasteiger partial charge is 0.481 e. The Balaban J connectivity index is 2.29. The predicted octanol–water partition coefficient (Wildman–Crippen LogP) is 2.82. The zero-order valence-corrected chi connectivity index (χ0v) is 8.47. The quantitative estimate of drug-likeness (QED) is 0.749. The Bertz CT molecular complexity index is 367. The average Bonchev–Trinajstić information content (AvgIpc) is 2.30. The van der Waals surface area contributed by atoms with Gasteiger partial charge in [0.05, 0.1) is 5.92 Å². The van der Waals surface area contributed by atoms with E-state index < -0.39 is 5.97 Å². The maximum Gasteiger partial charge on any atom is 0.307 e. The van der Waals surface area contributed by atoms with Gasteiger partial charge in [-0.05, 0) is 18.4 Å². The molecule has 1 aliphatic rings. The first-order chi connectivity index (χ1) is 7.29. The minimum atomic E-state index is -0.687. The normalized spacial score (nSPS) is 25.1. The van der Waals surface area contributed by atoms with E-state index in [1.54, 1.807) is 0 Å². The third-order valence-electron chi connectivity index (χ3n) is 2.92. The van der Waals surface area contributed by atoms with Crippen molar-refractivity contribution in [2.24, 2.45) is 5.92 Å². The van der Waals surface area contributed by atoms with Crippen molar-refractivity contribution in [1.82, 2.24) is 0 Å². The number of carbonyl (C=O) groups is 1. The van der Waals surface area contributed by atoms with Gasteiger partial charge >= 0.3 is 5.97 Å². The number of benzene rings is 1.